The van der Waals surface area contributed by atoms with Gasteiger partial charge in [0.15, 0.2) is 0 Å². The van der Waals surface area contributed by atoms with Crippen molar-refractivity contribution in [2.45, 2.75) is 58.8 Å². The van der Waals surface area contributed by atoms with Crippen molar-refractivity contribution < 1.29 is 9.53 Å². The first-order valence-corrected chi connectivity index (χ1v) is 7.49. The third kappa shape index (κ3) is 11.8. The third-order valence-electron chi connectivity index (χ3n) is 2.93. The van der Waals surface area contributed by atoms with Crippen LogP contribution in [0.25, 0.3) is 0 Å². The summed E-state index contributed by atoms with van der Waals surface area (Å²) in [5.74, 6) is 6.17. The number of nitrogens with zero attached hydrogens (tertiary/aromatic N) is 1. The lowest BCUT2D eigenvalue weighted by Gasteiger charge is -2.13. The largest absolute Gasteiger partial charge is 0.382 e. The predicted octanol–water partition coefficient (Wildman–Crippen LogP) is 3.24. The van der Waals surface area contributed by atoms with Crippen LogP contribution >= 0.6 is 0 Å². The van der Waals surface area contributed by atoms with E-state index >= 15 is 0 Å². The SMILES string of the molecule is CCC#CCN(C)C(=O)CCCCCCCOCC. The average molecular weight is 267 g/mol. The Morgan fingerprint density at radius 2 is 1.74 bits per heavy atom. The van der Waals surface area contributed by atoms with Crippen LogP contribution in [0, 0.1) is 11.8 Å². The highest BCUT2D eigenvalue weighted by molar-refractivity contribution is 5.76. The number of carbonyl (C=O) groups excluding carboxylic acids is 1. The predicted molar refractivity (Wildman–Crippen MR) is 79.9 cm³/mol. The number of hydrogen-bond acceptors (Lipinski definition) is 2. The van der Waals surface area contributed by atoms with Gasteiger partial charge in [-0.1, -0.05) is 32.1 Å². The Bertz CT molecular complexity index is 278. The summed E-state index contributed by atoms with van der Waals surface area (Å²) < 4.78 is 5.28. The second-order valence-corrected chi connectivity index (χ2v) is 4.67. The summed E-state index contributed by atoms with van der Waals surface area (Å²) in [6.45, 7) is 6.27. The van der Waals surface area contributed by atoms with E-state index in [4.69, 9.17) is 4.74 Å². The van der Waals surface area contributed by atoms with Crippen molar-refractivity contribution in [1.29, 1.82) is 0 Å². The monoisotopic (exact) mass is 267 g/mol. The zero-order chi connectivity index (χ0) is 14.3. The molecule has 0 atom stereocenters. The number of carbonyl (C=O) groups is 1. The quantitative estimate of drug-likeness (QED) is 0.449. The van der Waals surface area contributed by atoms with Crippen LogP contribution in [0.5, 0.6) is 0 Å². The molecule has 3 heteroatoms. The molecule has 0 aliphatic carbocycles. The second kappa shape index (κ2) is 13.4. The Balaban J connectivity index is 3.42. The van der Waals surface area contributed by atoms with Crippen molar-refractivity contribution in [3.8, 4) is 11.8 Å². The van der Waals surface area contributed by atoms with E-state index in [1.54, 1.807) is 4.90 Å². The van der Waals surface area contributed by atoms with Crippen LogP contribution in [0.3, 0.4) is 0 Å². The summed E-state index contributed by atoms with van der Waals surface area (Å²) in [5.41, 5.74) is 0. The minimum absolute atomic E-state index is 0.208. The van der Waals surface area contributed by atoms with E-state index in [1.807, 2.05) is 20.9 Å². The molecule has 0 radical (unpaired) electrons. The van der Waals surface area contributed by atoms with Crippen LogP contribution in [-0.2, 0) is 9.53 Å². The molecule has 0 N–H and O–H groups in total. The van der Waals surface area contributed by atoms with Crippen molar-refractivity contribution in [1.82, 2.24) is 4.90 Å². The molecular weight excluding hydrogens is 238 g/mol. The highest BCUT2D eigenvalue weighted by Crippen LogP contribution is 2.06. The van der Waals surface area contributed by atoms with Gasteiger partial charge in [0.05, 0.1) is 6.54 Å². The Morgan fingerprint density at radius 3 is 2.42 bits per heavy atom. The first kappa shape index (κ1) is 18.0. The van der Waals surface area contributed by atoms with Crippen molar-refractivity contribution in [2.24, 2.45) is 0 Å². The minimum atomic E-state index is 0.208. The van der Waals surface area contributed by atoms with E-state index in [0.717, 1.165) is 38.9 Å². The summed E-state index contributed by atoms with van der Waals surface area (Å²) in [4.78, 5) is 13.5. The van der Waals surface area contributed by atoms with E-state index in [9.17, 15) is 4.79 Å². The summed E-state index contributed by atoms with van der Waals surface area (Å²) in [5, 5.41) is 0. The molecule has 19 heavy (non-hydrogen) atoms. The van der Waals surface area contributed by atoms with Gasteiger partial charge >= 0.3 is 0 Å². The van der Waals surface area contributed by atoms with Crippen LogP contribution < -0.4 is 0 Å². The van der Waals surface area contributed by atoms with Gasteiger partial charge in [-0.15, -0.1) is 5.92 Å². The minimum Gasteiger partial charge on any atom is -0.382 e. The molecule has 110 valence electrons. The number of ether oxygens (including phenoxy) is 1. The zero-order valence-corrected chi connectivity index (χ0v) is 12.8. The fourth-order valence-electron chi connectivity index (χ4n) is 1.73. The standard InChI is InChI=1S/C16H29NO2/c1-4-6-11-14-17(3)16(18)13-10-8-7-9-12-15-19-5-2/h4-5,7-10,12-15H2,1-3H3. The third-order valence-corrected chi connectivity index (χ3v) is 2.93. The molecule has 0 aliphatic heterocycles. The van der Waals surface area contributed by atoms with Gasteiger partial charge in [0.25, 0.3) is 0 Å². The van der Waals surface area contributed by atoms with Crippen molar-refractivity contribution >= 4 is 5.91 Å². The fourth-order valence-corrected chi connectivity index (χ4v) is 1.73. The summed E-state index contributed by atoms with van der Waals surface area (Å²) in [6.07, 6.45) is 7.14. The van der Waals surface area contributed by atoms with Crippen molar-refractivity contribution in [3.05, 3.63) is 0 Å². The van der Waals surface area contributed by atoms with Crippen molar-refractivity contribution in [2.75, 3.05) is 26.8 Å². The molecule has 0 spiro atoms. The Hall–Kier alpha value is -1.01. The molecule has 0 aromatic rings. The van der Waals surface area contributed by atoms with E-state index in [2.05, 4.69) is 11.8 Å². The van der Waals surface area contributed by atoms with Gasteiger partial charge < -0.3 is 9.64 Å². The van der Waals surface area contributed by atoms with Gasteiger partial charge in [-0.2, -0.15) is 0 Å². The molecule has 0 fully saturated rings. The number of hydrogen-bond donors (Lipinski definition) is 0. The molecule has 0 heterocycles. The van der Waals surface area contributed by atoms with Gasteiger partial charge in [0.1, 0.15) is 0 Å². The lowest BCUT2D eigenvalue weighted by molar-refractivity contribution is -0.129. The highest BCUT2D eigenvalue weighted by atomic mass is 16.5. The van der Waals surface area contributed by atoms with E-state index < -0.39 is 0 Å². The normalized spacial score (nSPS) is 9.84. The molecule has 0 saturated carbocycles. The molecule has 0 aliphatic rings. The smallest absolute Gasteiger partial charge is 0.223 e. The lowest BCUT2D eigenvalue weighted by Crippen LogP contribution is -2.26. The van der Waals surface area contributed by atoms with Crippen LogP contribution in [0.15, 0.2) is 0 Å². The molecule has 3 nitrogen and oxygen atoms in total. The molecule has 1 amide bonds. The summed E-state index contributed by atoms with van der Waals surface area (Å²) >= 11 is 0. The molecule has 0 rings (SSSR count). The first-order valence-electron chi connectivity index (χ1n) is 7.49. The summed E-state index contributed by atoms with van der Waals surface area (Å²) in [6, 6.07) is 0. The van der Waals surface area contributed by atoms with E-state index in [-0.39, 0.29) is 5.91 Å². The Labute approximate surface area is 118 Å². The van der Waals surface area contributed by atoms with E-state index in [0.29, 0.717) is 13.0 Å². The van der Waals surface area contributed by atoms with Crippen LogP contribution in [0.1, 0.15) is 58.8 Å². The van der Waals surface area contributed by atoms with Crippen LogP contribution in [0.2, 0.25) is 0 Å². The van der Waals surface area contributed by atoms with Crippen LogP contribution in [0.4, 0.5) is 0 Å². The molecule has 0 saturated heterocycles. The lowest BCUT2D eigenvalue weighted by atomic mass is 10.1. The second-order valence-electron chi connectivity index (χ2n) is 4.67. The van der Waals surface area contributed by atoms with Gasteiger partial charge in [-0.25, -0.2) is 0 Å². The molecule has 0 aromatic carbocycles. The fraction of sp³-hybridized carbons (Fsp3) is 0.812. The Morgan fingerprint density at radius 1 is 1.05 bits per heavy atom. The maximum atomic E-state index is 11.7. The molecule has 0 bridgehead atoms. The van der Waals surface area contributed by atoms with E-state index in [1.165, 1.54) is 12.8 Å². The Kier molecular flexibility index (Phi) is 12.7. The first-order chi connectivity index (χ1) is 9.22. The topological polar surface area (TPSA) is 29.5 Å². The maximum absolute atomic E-state index is 11.7. The summed E-state index contributed by atoms with van der Waals surface area (Å²) in [7, 11) is 1.83. The maximum Gasteiger partial charge on any atom is 0.223 e. The van der Waals surface area contributed by atoms with Gasteiger partial charge in [0, 0.05) is 33.1 Å². The highest BCUT2D eigenvalue weighted by Gasteiger charge is 2.06. The number of amides is 1. The number of rotatable bonds is 10. The zero-order valence-electron chi connectivity index (χ0n) is 12.8. The van der Waals surface area contributed by atoms with Gasteiger partial charge in [0.2, 0.25) is 5.91 Å². The van der Waals surface area contributed by atoms with Gasteiger partial charge in [-0.05, 0) is 19.8 Å². The van der Waals surface area contributed by atoms with Crippen molar-refractivity contribution in [3.63, 3.8) is 0 Å². The molecule has 0 aromatic heterocycles. The average Bonchev–Trinajstić information content (AvgIpc) is 2.41. The molecular formula is C16H29NO2. The molecule has 0 unspecified atom stereocenters. The number of unbranched alkanes of at least 4 members (excludes halogenated alkanes) is 4. The van der Waals surface area contributed by atoms with Gasteiger partial charge in [-0.3, -0.25) is 4.79 Å². The van der Waals surface area contributed by atoms with Crippen LogP contribution in [-0.4, -0.2) is 37.6 Å².